The zero-order valence-corrected chi connectivity index (χ0v) is 20.7. The largest absolute Gasteiger partial charge is 0.493 e. The lowest BCUT2D eigenvalue weighted by molar-refractivity contribution is -0.138. The second-order valence-corrected chi connectivity index (χ2v) is 9.73. The minimum absolute atomic E-state index is 0.00285. The van der Waals surface area contributed by atoms with Crippen LogP contribution < -0.4 is 19.5 Å². The van der Waals surface area contributed by atoms with Crippen LogP contribution in [0.3, 0.4) is 0 Å². The number of carbonyl (C=O) groups excluding carboxylic acids is 1. The number of rotatable bonds is 9. The van der Waals surface area contributed by atoms with Gasteiger partial charge in [-0.1, -0.05) is 29.8 Å². The molecule has 0 aliphatic carbocycles. The molecule has 7 nitrogen and oxygen atoms in total. The Morgan fingerprint density at radius 3 is 2.31 bits per heavy atom. The minimum atomic E-state index is -4.55. The second-order valence-electron chi connectivity index (χ2n) is 7.52. The fourth-order valence-corrected chi connectivity index (χ4v) is 4.60. The summed E-state index contributed by atoms with van der Waals surface area (Å²) in [5.74, 6) is -0.210. The Kier molecular flexibility index (Phi) is 8.49. The molecule has 1 amide bonds. The van der Waals surface area contributed by atoms with Gasteiger partial charge in [0, 0.05) is 23.2 Å². The van der Waals surface area contributed by atoms with E-state index in [-0.39, 0.29) is 33.3 Å². The summed E-state index contributed by atoms with van der Waals surface area (Å²) < 4.78 is 77.8. The predicted octanol–water partition coefficient (Wildman–Crippen LogP) is 4.88. The first-order chi connectivity index (χ1) is 16.9. The topological polar surface area (TPSA) is 93.7 Å². The van der Waals surface area contributed by atoms with E-state index >= 15 is 0 Å². The van der Waals surface area contributed by atoms with E-state index in [0.29, 0.717) is 11.3 Å². The molecule has 192 valence electrons. The van der Waals surface area contributed by atoms with Crippen molar-refractivity contribution in [3.05, 3.63) is 82.4 Å². The third-order valence-electron chi connectivity index (χ3n) is 5.13. The first-order valence-corrected chi connectivity index (χ1v) is 12.3. The number of halogens is 4. The van der Waals surface area contributed by atoms with Crippen LogP contribution in [0, 0.1) is 0 Å². The summed E-state index contributed by atoms with van der Waals surface area (Å²) in [5, 5.41) is 2.80. The van der Waals surface area contributed by atoms with Crippen molar-refractivity contribution in [1.82, 2.24) is 4.72 Å². The average Bonchev–Trinajstić information content (AvgIpc) is 2.83. The Bertz CT molecular complexity index is 1360. The van der Waals surface area contributed by atoms with Crippen LogP contribution in [0.5, 0.6) is 11.5 Å². The number of carbonyl (C=O) groups is 1. The summed E-state index contributed by atoms with van der Waals surface area (Å²) in [6.07, 6.45) is -4.72. The Hall–Kier alpha value is -3.28. The Morgan fingerprint density at radius 1 is 0.944 bits per heavy atom. The third kappa shape index (κ3) is 6.68. The molecule has 0 bridgehead atoms. The van der Waals surface area contributed by atoms with Crippen molar-refractivity contribution in [2.75, 3.05) is 26.1 Å². The number of hydrogen-bond acceptors (Lipinski definition) is 5. The van der Waals surface area contributed by atoms with Crippen molar-refractivity contribution in [3.63, 3.8) is 0 Å². The molecule has 2 N–H and O–H groups in total. The molecule has 0 fully saturated rings. The third-order valence-corrected chi connectivity index (χ3v) is 6.77. The highest BCUT2D eigenvalue weighted by Crippen LogP contribution is 2.34. The van der Waals surface area contributed by atoms with Crippen molar-refractivity contribution < 1.29 is 35.9 Å². The fourth-order valence-electron chi connectivity index (χ4n) is 3.41. The maximum Gasteiger partial charge on any atom is 0.416 e. The van der Waals surface area contributed by atoms with Crippen LogP contribution in [-0.2, 0) is 27.4 Å². The van der Waals surface area contributed by atoms with Gasteiger partial charge < -0.3 is 14.8 Å². The highest BCUT2D eigenvalue weighted by molar-refractivity contribution is 7.89. The van der Waals surface area contributed by atoms with Gasteiger partial charge in [-0.3, -0.25) is 4.79 Å². The molecule has 0 aliphatic heterocycles. The van der Waals surface area contributed by atoms with Crippen molar-refractivity contribution in [2.24, 2.45) is 0 Å². The smallest absolute Gasteiger partial charge is 0.416 e. The van der Waals surface area contributed by atoms with Gasteiger partial charge >= 0.3 is 6.18 Å². The molecule has 3 aromatic rings. The Balaban J connectivity index is 1.76. The number of anilines is 1. The van der Waals surface area contributed by atoms with Crippen LogP contribution in [-0.4, -0.2) is 35.1 Å². The molecule has 0 radical (unpaired) electrons. The van der Waals surface area contributed by atoms with Crippen LogP contribution in [0.4, 0.5) is 18.9 Å². The van der Waals surface area contributed by atoms with Crippen molar-refractivity contribution >= 4 is 33.2 Å². The van der Waals surface area contributed by atoms with E-state index in [1.165, 1.54) is 68.8 Å². The monoisotopic (exact) mass is 542 g/mol. The number of hydrogen-bond donors (Lipinski definition) is 2. The number of amides is 1. The lowest BCUT2D eigenvalue weighted by Gasteiger charge is -2.16. The molecule has 3 rings (SSSR count). The highest BCUT2D eigenvalue weighted by Gasteiger charge is 2.33. The van der Waals surface area contributed by atoms with Gasteiger partial charge in [0.05, 0.1) is 31.2 Å². The van der Waals surface area contributed by atoms with Gasteiger partial charge in [-0.25, -0.2) is 13.1 Å². The molecule has 0 atom stereocenters. The highest BCUT2D eigenvalue weighted by atomic mass is 35.5. The Labute approximate surface area is 211 Å². The number of sulfonamides is 1. The maximum atomic E-state index is 13.4. The number of alkyl halides is 3. The fraction of sp³-hybridized carbons (Fsp3) is 0.208. The minimum Gasteiger partial charge on any atom is -0.493 e. The van der Waals surface area contributed by atoms with Crippen LogP contribution in [0.15, 0.2) is 65.6 Å². The number of benzene rings is 3. The molecule has 0 aromatic heterocycles. The standard InChI is InChI=1S/C24H22ClF3N2O5S/c1-34-21-10-8-18(13-22(21)35-2)36(32,33)29-14-23(31)30-20-9-7-17(25)12-16(20)11-15-5-3-4-6-19(15)24(26,27)28/h3-10,12-13,29H,11,14H2,1-2H3,(H,30,31). The zero-order chi connectivity index (χ0) is 26.5. The second kappa shape index (κ2) is 11.2. The van der Waals surface area contributed by atoms with Crippen molar-refractivity contribution in [3.8, 4) is 11.5 Å². The molecular formula is C24H22ClF3N2O5S. The van der Waals surface area contributed by atoms with Crippen LogP contribution in [0.2, 0.25) is 5.02 Å². The predicted molar refractivity (Wildman–Crippen MR) is 129 cm³/mol. The lowest BCUT2D eigenvalue weighted by atomic mass is 9.98. The van der Waals surface area contributed by atoms with E-state index in [2.05, 4.69) is 10.0 Å². The van der Waals surface area contributed by atoms with Gasteiger partial charge in [0.25, 0.3) is 0 Å². The maximum absolute atomic E-state index is 13.4. The molecule has 0 aliphatic rings. The molecule has 0 saturated heterocycles. The summed E-state index contributed by atoms with van der Waals surface area (Å²) in [4.78, 5) is 12.4. The number of ether oxygens (including phenoxy) is 2. The normalized spacial score (nSPS) is 11.7. The summed E-state index contributed by atoms with van der Waals surface area (Å²) in [5.41, 5.74) is -0.274. The first kappa shape index (κ1) is 27.3. The van der Waals surface area contributed by atoms with Gasteiger partial charge in [-0.15, -0.1) is 0 Å². The van der Waals surface area contributed by atoms with E-state index in [1.807, 2.05) is 0 Å². The molecular weight excluding hydrogens is 521 g/mol. The van der Waals surface area contributed by atoms with Gasteiger partial charge in [-0.05, 0) is 47.5 Å². The molecule has 0 heterocycles. The SMILES string of the molecule is COc1ccc(S(=O)(=O)NCC(=O)Nc2ccc(Cl)cc2Cc2ccccc2C(F)(F)F)cc1OC. The average molecular weight is 543 g/mol. The van der Waals surface area contributed by atoms with Gasteiger partial charge in [0.1, 0.15) is 0 Å². The molecule has 0 unspecified atom stereocenters. The van der Waals surface area contributed by atoms with E-state index in [1.54, 1.807) is 0 Å². The molecule has 36 heavy (non-hydrogen) atoms. The van der Waals surface area contributed by atoms with Crippen LogP contribution >= 0.6 is 11.6 Å². The lowest BCUT2D eigenvalue weighted by Crippen LogP contribution is -2.33. The Morgan fingerprint density at radius 2 is 1.64 bits per heavy atom. The van der Waals surface area contributed by atoms with Crippen molar-refractivity contribution in [2.45, 2.75) is 17.5 Å². The number of methoxy groups -OCH3 is 2. The van der Waals surface area contributed by atoms with Gasteiger partial charge in [-0.2, -0.15) is 13.2 Å². The zero-order valence-electron chi connectivity index (χ0n) is 19.1. The van der Waals surface area contributed by atoms with Crippen LogP contribution in [0.1, 0.15) is 16.7 Å². The quantitative estimate of drug-likeness (QED) is 0.402. The van der Waals surface area contributed by atoms with E-state index in [9.17, 15) is 26.4 Å². The van der Waals surface area contributed by atoms with E-state index in [4.69, 9.17) is 21.1 Å². The van der Waals surface area contributed by atoms with E-state index < -0.39 is 34.2 Å². The number of nitrogens with one attached hydrogen (secondary N) is 2. The first-order valence-electron chi connectivity index (χ1n) is 10.4. The summed E-state index contributed by atoms with van der Waals surface area (Å²) in [6, 6.07) is 13.4. The molecule has 3 aromatic carbocycles. The van der Waals surface area contributed by atoms with E-state index in [0.717, 1.165) is 6.07 Å². The molecule has 0 spiro atoms. The van der Waals surface area contributed by atoms with Gasteiger partial charge in [0.15, 0.2) is 11.5 Å². The summed E-state index contributed by atoms with van der Waals surface area (Å²) in [6.45, 7) is -0.627. The van der Waals surface area contributed by atoms with Crippen LogP contribution in [0.25, 0.3) is 0 Å². The van der Waals surface area contributed by atoms with Gasteiger partial charge in [0.2, 0.25) is 15.9 Å². The molecule has 0 saturated carbocycles. The summed E-state index contributed by atoms with van der Waals surface area (Å²) >= 11 is 6.04. The summed E-state index contributed by atoms with van der Waals surface area (Å²) in [7, 11) is -1.33. The molecule has 12 heteroatoms. The van der Waals surface area contributed by atoms with Crippen molar-refractivity contribution in [1.29, 1.82) is 0 Å².